The first kappa shape index (κ1) is 42.4. The average molecular weight is 693 g/mol. The first-order chi connectivity index (χ1) is 24.1. The van der Waals surface area contributed by atoms with Crippen molar-refractivity contribution >= 4 is 11.9 Å². The Balaban J connectivity index is 0.00000135. The topological polar surface area (TPSA) is 48.4 Å². The number of halogens is 2. The lowest BCUT2D eigenvalue weighted by Gasteiger charge is -2.39. The molecular weight excluding hydrogens is 630 g/mol. The van der Waals surface area contributed by atoms with Crippen LogP contribution in [0, 0.1) is 0 Å². The van der Waals surface area contributed by atoms with Crippen LogP contribution in [0.3, 0.4) is 0 Å². The van der Waals surface area contributed by atoms with Crippen molar-refractivity contribution in [2.45, 2.75) is 106 Å². The summed E-state index contributed by atoms with van der Waals surface area (Å²) >= 11 is 0. The lowest BCUT2D eigenvalue weighted by atomic mass is 9.92. The molecule has 4 rings (SSSR count). The Hall–Kier alpha value is -3.78. The third-order valence-electron chi connectivity index (χ3n) is 8.11. The van der Waals surface area contributed by atoms with Crippen LogP contribution in [0.25, 0.3) is 0 Å². The van der Waals surface area contributed by atoms with Gasteiger partial charge in [0.05, 0.1) is 18.2 Å². The molecule has 2 heterocycles. The van der Waals surface area contributed by atoms with Gasteiger partial charge in [-0.05, 0) is 49.6 Å². The lowest BCUT2D eigenvalue weighted by Crippen LogP contribution is -2.56. The number of hydrogen-bond donors (Lipinski definition) is 0. The zero-order valence-corrected chi connectivity index (χ0v) is 31.9. The van der Waals surface area contributed by atoms with Gasteiger partial charge in [-0.25, -0.2) is 13.6 Å². The van der Waals surface area contributed by atoms with E-state index in [0.717, 1.165) is 57.0 Å². The quantitative estimate of drug-likeness (QED) is 0.208. The van der Waals surface area contributed by atoms with E-state index in [1.54, 1.807) is 17.0 Å². The monoisotopic (exact) mass is 692 g/mol. The van der Waals surface area contributed by atoms with Crippen LogP contribution in [0.1, 0.15) is 110 Å². The minimum Gasteiger partial charge on any atom is -0.493 e. The van der Waals surface area contributed by atoms with Crippen molar-refractivity contribution < 1.29 is 18.3 Å². The Labute approximate surface area is 301 Å². The summed E-state index contributed by atoms with van der Waals surface area (Å²) in [7, 11) is 0. The number of hydrogen-bond acceptors (Lipinski definition) is 4. The molecule has 0 radical (unpaired) electrons. The van der Waals surface area contributed by atoms with Gasteiger partial charge in [0.1, 0.15) is 17.6 Å². The molecule has 6 nitrogen and oxygen atoms in total. The van der Waals surface area contributed by atoms with Gasteiger partial charge in [-0.15, -0.1) is 0 Å². The predicted molar refractivity (Wildman–Crippen MR) is 206 cm³/mol. The summed E-state index contributed by atoms with van der Waals surface area (Å²) in [5.74, 6) is -2.36. The molecule has 2 aromatic carbocycles. The zero-order valence-electron chi connectivity index (χ0n) is 31.9. The summed E-state index contributed by atoms with van der Waals surface area (Å²) in [6.45, 7) is 23.5. The third kappa shape index (κ3) is 11.9. The number of rotatable bonds is 12. The van der Waals surface area contributed by atoms with Crippen LogP contribution in [0.4, 0.5) is 13.6 Å². The molecule has 0 aromatic heterocycles. The molecule has 0 bridgehead atoms. The number of amidine groups is 1. The maximum Gasteiger partial charge on any atom is 0.326 e. The van der Waals surface area contributed by atoms with Crippen molar-refractivity contribution in [2.75, 3.05) is 39.3 Å². The number of amides is 2. The van der Waals surface area contributed by atoms with Gasteiger partial charge in [-0.1, -0.05) is 128 Å². The molecule has 0 saturated carbocycles. The smallest absolute Gasteiger partial charge is 0.326 e. The molecule has 2 aliphatic rings. The summed E-state index contributed by atoms with van der Waals surface area (Å²) in [4.78, 5) is 26.0. The highest BCUT2D eigenvalue weighted by atomic mass is 19.3. The van der Waals surface area contributed by atoms with E-state index < -0.39 is 18.0 Å². The molecule has 2 aliphatic heterocycles. The second kappa shape index (κ2) is 22.1. The zero-order chi connectivity index (χ0) is 37.1. The number of carbonyl (C=O) groups excluding carboxylic acids is 1. The van der Waals surface area contributed by atoms with E-state index in [-0.39, 0.29) is 24.0 Å². The molecule has 1 fully saturated rings. The third-order valence-corrected chi connectivity index (χ3v) is 8.11. The second-order valence-corrected chi connectivity index (χ2v) is 12.7. The van der Waals surface area contributed by atoms with Crippen LogP contribution in [0.15, 0.2) is 90.0 Å². The summed E-state index contributed by atoms with van der Waals surface area (Å²) in [5.41, 5.74) is 2.19. The van der Waals surface area contributed by atoms with Gasteiger partial charge in [0, 0.05) is 38.7 Å². The van der Waals surface area contributed by atoms with Gasteiger partial charge in [0.25, 0.3) is 5.92 Å². The Morgan fingerprint density at radius 1 is 0.980 bits per heavy atom. The highest BCUT2D eigenvalue weighted by molar-refractivity contribution is 6.11. The standard InChI is InChI=1S/C36H46F2N4O2.2C3H8/c1-6-10-16-28(15-8-3)33-32(27-17-13-12-14-18-27)39-34(30-20-19-29(36(5,37)38)26-31(30)44-9-4)42(33)35(43)41-24-22-40(23-25-41)21-11-7-2;2*1-3-2/h8,10,12-20,26,32-33H,3,6-7,9,11,21-25H2,1-2,4-5H3;2*3H2,1-2H3/b16-10-,28-15+;;. The Morgan fingerprint density at radius 2 is 1.62 bits per heavy atom. The van der Waals surface area contributed by atoms with Gasteiger partial charge in [-0.3, -0.25) is 14.8 Å². The number of benzene rings is 2. The number of nitrogens with zero attached hydrogens (tertiary/aromatic N) is 4. The van der Waals surface area contributed by atoms with Crippen molar-refractivity contribution in [3.05, 3.63) is 102 Å². The maximum absolute atomic E-state index is 14.7. The lowest BCUT2D eigenvalue weighted by molar-refractivity contribution is 0.0172. The fraction of sp³-hybridized carbons (Fsp3) is 0.524. The molecule has 0 spiro atoms. The minimum absolute atomic E-state index is 0.154. The molecule has 2 amide bonds. The minimum atomic E-state index is -3.05. The van der Waals surface area contributed by atoms with Gasteiger partial charge < -0.3 is 9.64 Å². The number of ether oxygens (including phenoxy) is 1. The van der Waals surface area contributed by atoms with Crippen molar-refractivity contribution in [3.8, 4) is 5.75 Å². The summed E-state index contributed by atoms with van der Waals surface area (Å²) in [6, 6.07) is 13.2. The first-order valence-electron chi connectivity index (χ1n) is 18.6. The molecule has 0 N–H and O–H groups in total. The predicted octanol–water partition coefficient (Wildman–Crippen LogP) is 10.8. The Bertz CT molecular complexity index is 1390. The van der Waals surface area contributed by atoms with Crippen molar-refractivity contribution in [1.29, 1.82) is 0 Å². The summed E-state index contributed by atoms with van der Waals surface area (Å²) in [5, 5.41) is 0. The SMILES string of the molecule is C=C/C=C(\C=C/CC)C1C(c2ccccc2)N=C(c2ccc(C(C)(F)F)cc2OCC)N1C(=O)N1CCN(CCCC)CC1.CCC.CCC. The number of carbonyl (C=O) groups is 1. The van der Waals surface area contributed by atoms with Crippen LogP contribution in [-0.2, 0) is 5.92 Å². The summed E-state index contributed by atoms with van der Waals surface area (Å²) < 4.78 is 34.8. The Kier molecular flexibility index (Phi) is 18.8. The molecule has 2 atom stereocenters. The first-order valence-corrected chi connectivity index (χ1v) is 18.6. The molecule has 2 unspecified atom stereocenters. The fourth-order valence-corrected chi connectivity index (χ4v) is 5.78. The molecule has 8 heteroatoms. The Morgan fingerprint density at radius 3 is 2.16 bits per heavy atom. The van der Waals surface area contributed by atoms with E-state index in [2.05, 4.69) is 59.1 Å². The van der Waals surface area contributed by atoms with Crippen LogP contribution in [-0.4, -0.2) is 71.9 Å². The number of unbranched alkanes of at least 4 members (excludes halogenated alkanes) is 1. The molecule has 276 valence electrons. The molecule has 0 aliphatic carbocycles. The number of urea groups is 1. The molecule has 1 saturated heterocycles. The number of alkyl halides is 2. The maximum atomic E-state index is 14.7. The van der Waals surface area contributed by atoms with E-state index in [0.29, 0.717) is 24.5 Å². The van der Waals surface area contributed by atoms with Gasteiger partial charge >= 0.3 is 6.03 Å². The normalized spacial score (nSPS) is 18.2. The van der Waals surface area contributed by atoms with Crippen LogP contribution >= 0.6 is 0 Å². The van der Waals surface area contributed by atoms with Crippen molar-refractivity contribution in [2.24, 2.45) is 4.99 Å². The van der Waals surface area contributed by atoms with Gasteiger partial charge in [-0.2, -0.15) is 0 Å². The van der Waals surface area contributed by atoms with E-state index in [4.69, 9.17) is 9.73 Å². The van der Waals surface area contributed by atoms with Crippen LogP contribution in [0.5, 0.6) is 5.75 Å². The average Bonchev–Trinajstić information content (AvgIpc) is 3.50. The van der Waals surface area contributed by atoms with Crippen molar-refractivity contribution in [1.82, 2.24) is 14.7 Å². The van der Waals surface area contributed by atoms with Crippen LogP contribution < -0.4 is 4.74 Å². The fourth-order valence-electron chi connectivity index (χ4n) is 5.78. The number of aliphatic imine (C=N–C) groups is 1. The molecule has 50 heavy (non-hydrogen) atoms. The number of piperazine rings is 1. The largest absolute Gasteiger partial charge is 0.493 e. The van der Waals surface area contributed by atoms with Gasteiger partial charge in [0.2, 0.25) is 0 Å². The van der Waals surface area contributed by atoms with Gasteiger partial charge in [0.15, 0.2) is 0 Å². The van der Waals surface area contributed by atoms with E-state index in [9.17, 15) is 13.6 Å². The van der Waals surface area contributed by atoms with E-state index in [1.807, 2.05) is 54.3 Å². The summed E-state index contributed by atoms with van der Waals surface area (Å²) in [6.07, 6.45) is 13.3. The van der Waals surface area contributed by atoms with Crippen molar-refractivity contribution in [3.63, 3.8) is 0 Å². The molecule has 2 aromatic rings. The van der Waals surface area contributed by atoms with E-state index >= 15 is 0 Å². The molecular formula is C42H62F2N4O2. The highest BCUT2D eigenvalue weighted by Gasteiger charge is 2.45. The van der Waals surface area contributed by atoms with E-state index in [1.165, 1.54) is 25.0 Å². The number of allylic oxidation sites excluding steroid dienone is 3. The second-order valence-electron chi connectivity index (χ2n) is 12.7. The highest BCUT2D eigenvalue weighted by Crippen LogP contribution is 2.41. The van der Waals surface area contributed by atoms with Crippen LogP contribution in [0.2, 0.25) is 0 Å².